The summed E-state index contributed by atoms with van der Waals surface area (Å²) in [5.74, 6) is -0.251. The fourth-order valence-electron chi connectivity index (χ4n) is 0.717. The quantitative estimate of drug-likeness (QED) is 0.499. The highest BCUT2D eigenvalue weighted by Crippen LogP contribution is 1.96. The van der Waals surface area contributed by atoms with Crippen LogP contribution >= 0.6 is 0 Å². The Morgan fingerprint density at radius 3 is 2.91 bits per heavy atom. The molecular formula is C6H12N2O3. The maximum Gasteiger partial charge on any atom is 0.269 e. The predicted molar refractivity (Wildman–Crippen MR) is 37.8 cm³/mol. The van der Waals surface area contributed by atoms with E-state index in [4.69, 9.17) is 4.74 Å². The number of hydroxylamine groups is 1. The Labute approximate surface area is 65.0 Å². The van der Waals surface area contributed by atoms with Crippen molar-refractivity contribution in [1.29, 1.82) is 0 Å². The fraction of sp³-hybridized carbons (Fsp3) is 0.833. The molecule has 0 unspecified atom stereocenters. The molecule has 11 heavy (non-hydrogen) atoms. The van der Waals surface area contributed by atoms with Gasteiger partial charge in [0.2, 0.25) is 0 Å². The number of hydrogen-bond acceptors (Lipinski definition) is 4. The minimum atomic E-state index is -0.251. The van der Waals surface area contributed by atoms with E-state index in [0.29, 0.717) is 0 Å². The molecule has 64 valence electrons. The summed E-state index contributed by atoms with van der Waals surface area (Å²) in [5, 5.41) is 3.03. The molecule has 1 saturated heterocycles. The lowest BCUT2D eigenvalue weighted by Gasteiger charge is -2.26. The summed E-state index contributed by atoms with van der Waals surface area (Å²) in [6.45, 7) is 1.74. The molecule has 1 heterocycles. The Balaban J connectivity index is 1.96. The average molecular weight is 160 g/mol. The second-order valence-electron chi connectivity index (χ2n) is 2.32. The van der Waals surface area contributed by atoms with Crippen molar-refractivity contribution in [3.8, 4) is 0 Å². The molecule has 0 radical (unpaired) electrons. The first kappa shape index (κ1) is 8.45. The SMILES string of the molecule is CONC(=O)COC1CNC1. The van der Waals surface area contributed by atoms with Crippen molar-refractivity contribution >= 4 is 5.91 Å². The Morgan fingerprint density at radius 2 is 2.45 bits per heavy atom. The molecule has 2 N–H and O–H groups in total. The second kappa shape index (κ2) is 4.27. The van der Waals surface area contributed by atoms with Crippen LogP contribution in [0.3, 0.4) is 0 Å². The van der Waals surface area contributed by atoms with Crippen LogP contribution in [0.25, 0.3) is 0 Å². The molecule has 0 bridgehead atoms. The van der Waals surface area contributed by atoms with Crippen LogP contribution in [-0.2, 0) is 14.4 Å². The first-order valence-corrected chi connectivity index (χ1v) is 3.47. The van der Waals surface area contributed by atoms with Crippen molar-refractivity contribution in [1.82, 2.24) is 10.8 Å². The first-order chi connectivity index (χ1) is 5.33. The van der Waals surface area contributed by atoms with E-state index >= 15 is 0 Å². The Morgan fingerprint density at radius 1 is 1.73 bits per heavy atom. The van der Waals surface area contributed by atoms with Gasteiger partial charge in [0, 0.05) is 13.1 Å². The molecule has 1 aliphatic rings. The zero-order valence-electron chi connectivity index (χ0n) is 6.42. The van der Waals surface area contributed by atoms with Crippen molar-refractivity contribution in [3.63, 3.8) is 0 Å². The molecule has 0 saturated carbocycles. The summed E-state index contributed by atoms with van der Waals surface area (Å²) in [4.78, 5) is 15.1. The zero-order chi connectivity index (χ0) is 8.10. The van der Waals surface area contributed by atoms with Crippen LogP contribution in [-0.4, -0.2) is 38.8 Å². The van der Waals surface area contributed by atoms with Crippen molar-refractivity contribution in [2.45, 2.75) is 6.10 Å². The number of carbonyl (C=O) groups excluding carboxylic acids is 1. The summed E-state index contributed by atoms with van der Waals surface area (Å²) in [5.41, 5.74) is 2.16. The molecular weight excluding hydrogens is 148 g/mol. The van der Waals surface area contributed by atoms with Gasteiger partial charge in [-0.25, -0.2) is 5.48 Å². The van der Waals surface area contributed by atoms with Gasteiger partial charge in [0.05, 0.1) is 13.2 Å². The van der Waals surface area contributed by atoms with Crippen molar-refractivity contribution in [3.05, 3.63) is 0 Å². The highest BCUT2D eigenvalue weighted by atomic mass is 16.6. The maximum atomic E-state index is 10.7. The van der Waals surface area contributed by atoms with E-state index in [-0.39, 0.29) is 18.6 Å². The normalized spacial score (nSPS) is 17.5. The third-order valence-corrected chi connectivity index (χ3v) is 1.41. The molecule has 0 aliphatic carbocycles. The van der Waals surface area contributed by atoms with Crippen LogP contribution in [0.1, 0.15) is 0 Å². The minimum Gasteiger partial charge on any atom is -0.366 e. The van der Waals surface area contributed by atoms with Crippen LogP contribution in [0.5, 0.6) is 0 Å². The van der Waals surface area contributed by atoms with Gasteiger partial charge in [-0.1, -0.05) is 0 Å². The van der Waals surface area contributed by atoms with Gasteiger partial charge >= 0.3 is 0 Å². The zero-order valence-corrected chi connectivity index (χ0v) is 6.42. The van der Waals surface area contributed by atoms with E-state index in [0.717, 1.165) is 13.1 Å². The Kier molecular flexibility index (Phi) is 3.28. The van der Waals surface area contributed by atoms with Crippen LogP contribution in [0, 0.1) is 0 Å². The summed E-state index contributed by atoms with van der Waals surface area (Å²) < 4.78 is 5.14. The second-order valence-corrected chi connectivity index (χ2v) is 2.32. The van der Waals surface area contributed by atoms with Crippen molar-refractivity contribution < 1.29 is 14.4 Å². The monoisotopic (exact) mass is 160 g/mol. The highest BCUT2D eigenvalue weighted by molar-refractivity contribution is 5.76. The van der Waals surface area contributed by atoms with E-state index in [1.807, 2.05) is 0 Å². The standard InChI is InChI=1S/C6H12N2O3/c1-10-8-6(9)4-11-5-2-7-3-5/h5,7H,2-4H2,1H3,(H,8,9). The number of amides is 1. The highest BCUT2D eigenvalue weighted by Gasteiger charge is 2.17. The van der Waals surface area contributed by atoms with Gasteiger partial charge < -0.3 is 10.1 Å². The predicted octanol–water partition coefficient (Wildman–Crippen LogP) is -1.35. The van der Waals surface area contributed by atoms with E-state index in [2.05, 4.69) is 15.6 Å². The van der Waals surface area contributed by atoms with E-state index in [9.17, 15) is 4.79 Å². The van der Waals surface area contributed by atoms with Crippen LogP contribution < -0.4 is 10.8 Å². The summed E-state index contributed by atoms with van der Waals surface area (Å²) in [6.07, 6.45) is 0.192. The molecule has 1 fully saturated rings. The molecule has 0 aromatic carbocycles. The smallest absolute Gasteiger partial charge is 0.269 e. The lowest BCUT2D eigenvalue weighted by molar-refractivity contribution is -0.139. The van der Waals surface area contributed by atoms with Gasteiger partial charge in [-0.2, -0.15) is 0 Å². The molecule has 1 rings (SSSR count). The Bertz CT molecular complexity index is 136. The van der Waals surface area contributed by atoms with Gasteiger partial charge in [-0.05, 0) is 0 Å². The third kappa shape index (κ3) is 2.83. The number of carbonyl (C=O) groups is 1. The average Bonchev–Trinajstić information content (AvgIpc) is 1.85. The number of ether oxygens (including phenoxy) is 1. The van der Waals surface area contributed by atoms with E-state index in [1.165, 1.54) is 7.11 Å². The molecule has 5 nitrogen and oxygen atoms in total. The third-order valence-electron chi connectivity index (χ3n) is 1.41. The van der Waals surface area contributed by atoms with Crippen LogP contribution in [0.15, 0.2) is 0 Å². The minimum absolute atomic E-state index is 0.0696. The molecule has 0 atom stereocenters. The number of hydrogen-bond donors (Lipinski definition) is 2. The fourth-order valence-corrected chi connectivity index (χ4v) is 0.717. The molecule has 0 aromatic rings. The van der Waals surface area contributed by atoms with Gasteiger partial charge in [0.1, 0.15) is 6.61 Å². The molecule has 0 aromatic heterocycles. The largest absolute Gasteiger partial charge is 0.366 e. The molecule has 0 spiro atoms. The summed E-state index contributed by atoms with van der Waals surface area (Å²) >= 11 is 0. The summed E-state index contributed by atoms with van der Waals surface area (Å²) in [7, 11) is 1.39. The van der Waals surface area contributed by atoms with Crippen molar-refractivity contribution in [2.75, 3.05) is 26.8 Å². The molecule has 5 heteroatoms. The van der Waals surface area contributed by atoms with Gasteiger partial charge in [0.25, 0.3) is 5.91 Å². The summed E-state index contributed by atoms with van der Waals surface area (Å²) in [6, 6.07) is 0. The van der Waals surface area contributed by atoms with Crippen LogP contribution in [0.2, 0.25) is 0 Å². The Hall–Kier alpha value is -0.650. The van der Waals surface area contributed by atoms with E-state index in [1.54, 1.807) is 0 Å². The van der Waals surface area contributed by atoms with Crippen LogP contribution in [0.4, 0.5) is 0 Å². The number of rotatable bonds is 4. The number of nitrogens with one attached hydrogen (secondary N) is 2. The molecule has 1 amide bonds. The van der Waals surface area contributed by atoms with Gasteiger partial charge in [0.15, 0.2) is 0 Å². The van der Waals surface area contributed by atoms with Crippen molar-refractivity contribution in [2.24, 2.45) is 0 Å². The first-order valence-electron chi connectivity index (χ1n) is 3.47. The lowest BCUT2D eigenvalue weighted by atomic mass is 10.2. The van der Waals surface area contributed by atoms with Gasteiger partial charge in [-0.15, -0.1) is 0 Å². The topological polar surface area (TPSA) is 59.6 Å². The van der Waals surface area contributed by atoms with Gasteiger partial charge in [-0.3, -0.25) is 9.63 Å². The van der Waals surface area contributed by atoms with E-state index < -0.39 is 0 Å². The maximum absolute atomic E-state index is 10.7. The molecule has 1 aliphatic heterocycles. The lowest BCUT2D eigenvalue weighted by Crippen LogP contribution is -2.49.